The minimum absolute atomic E-state index is 0.290. The van der Waals surface area contributed by atoms with E-state index in [-0.39, 0.29) is 0 Å². The van der Waals surface area contributed by atoms with Crippen molar-refractivity contribution in [2.24, 2.45) is 0 Å². The Bertz CT molecular complexity index is 419. The van der Waals surface area contributed by atoms with Crippen LogP contribution in [0.15, 0.2) is 12.1 Å². The van der Waals surface area contributed by atoms with Crippen LogP contribution in [-0.4, -0.2) is 13.1 Å². The fourth-order valence-corrected chi connectivity index (χ4v) is 1.15. The Labute approximate surface area is 81.9 Å². The van der Waals surface area contributed by atoms with Crippen LogP contribution in [0.3, 0.4) is 0 Å². The van der Waals surface area contributed by atoms with Gasteiger partial charge >= 0.3 is 5.97 Å². The lowest BCUT2D eigenvalue weighted by molar-refractivity contribution is 0.0600. The number of carbonyl (C=O) groups is 1. The fourth-order valence-electron chi connectivity index (χ4n) is 1.15. The zero-order valence-corrected chi connectivity index (χ0v) is 8.00. The minimum atomic E-state index is -0.446. The molecule has 0 unspecified atom stereocenters. The monoisotopic (exact) mass is 190 g/mol. The van der Waals surface area contributed by atoms with Gasteiger partial charge in [-0.2, -0.15) is 5.26 Å². The predicted octanol–water partition coefficient (Wildman–Crippen LogP) is 1.24. The standard InChI is InChI=1S/C10H10N2O2/c1-6-3-7(5-11)9(12)4-8(6)10(13)14-2/h3-4H,12H2,1-2H3. The van der Waals surface area contributed by atoms with Crippen molar-refractivity contribution in [3.63, 3.8) is 0 Å². The van der Waals surface area contributed by atoms with Crippen molar-refractivity contribution in [3.05, 3.63) is 28.8 Å². The number of hydrogen-bond acceptors (Lipinski definition) is 4. The van der Waals surface area contributed by atoms with Gasteiger partial charge in [0.1, 0.15) is 6.07 Å². The van der Waals surface area contributed by atoms with E-state index < -0.39 is 5.97 Å². The summed E-state index contributed by atoms with van der Waals surface area (Å²) in [4.78, 5) is 11.2. The van der Waals surface area contributed by atoms with Gasteiger partial charge in [-0.15, -0.1) is 0 Å². The zero-order chi connectivity index (χ0) is 10.7. The van der Waals surface area contributed by atoms with Gasteiger partial charge in [-0.1, -0.05) is 0 Å². The molecule has 72 valence electrons. The number of ether oxygens (including phenoxy) is 1. The molecular formula is C10H10N2O2. The Morgan fingerprint density at radius 1 is 1.57 bits per heavy atom. The SMILES string of the molecule is COC(=O)c1cc(N)c(C#N)cc1C. The first kappa shape index (κ1) is 10.1. The molecule has 1 rings (SSSR count). The van der Waals surface area contributed by atoms with E-state index in [1.165, 1.54) is 13.2 Å². The maximum Gasteiger partial charge on any atom is 0.338 e. The zero-order valence-electron chi connectivity index (χ0n) is 8.00. The molecule has 0 atom stereocenters. The molecule has 0 heterocycles. The van der Waals surface area contributed by atoms with E-state index in [0.717, 1.165) is 0 Å². The van der Waals surface area contributed by atoms with Crippen molar-refractivity contribution in [1.82, 2.24) is 0 Å². The fraction of sp³-hybridized carbons (Fsp3) is 0.200. The van der Waals surface area contributed by atoms with Crippen LogP contribution < -0.4 is 5.73 Å². The third kappa shape index (κ3) is 1.67. The van der Waals surface area contributed by atoms with Gasteiger partial charge < -0.3 is 10.5 Å². The molecule has 1 aromatic carbocycles. The molecule has 4 heteroatoms. The molecule has 0 aliphatic rings. The summed E-state index contributed by atoms with van der Waals surface area (Å²) in [6.45, 7) is 1.73. The summed E-state index contributed by atoms with van der Waals surface area (Å²) in [5.74, 6) is -0.446. The van der Waals surface area contributed by atoms with Gasteiger partial charge in [0.05, 0.1) is 23.9 Å². The summed E-state index contributed by atoms with van der Waals surface area (Å²) >= 11 is 0. The van der Waals surface area contributed by atoms with Crippen molar-refractivity contribution in [2.45, 2.75) is 6.92 Å². The quantitative estimate of drug-likeness (QED) is 0.533. The number of nitrogen functional groups attached to an aromatic ring is 1. The van der Waals surface area contributed by atoms with Gasteiger partial charge in [0.25, 0.3) is 0 Å². The Balaban J connectivity index is 3.30. The Kier molecular flexibility index (Phi) is 2.73. The molecule has 0 amide bonds. The van der Waals surface area contributed by atoms with Gasteiger partial charge in [-0.05, 0) is 24.6 Å². The summed E-state index contributed by atoms with van der Waals surface area (Å²) in [7, 11) is 1.30. The number of hydrogen-bond donors (Lipinski definition) is 1. The molecular weight excluding hydrogens is 180 g/mol. The maximum atomic E-state index is 11.2. The van der Waals surface area contributed by atoms with Crippen LogP contribution >= 0.6 is 0 Å². The molecule has 0 saturated heterocycles. The molecule has 0 fully saturated rings. The van der Waals surface area contributed by atoms with E-state index in [1.54, 1.807) is 13.0 Å². The first-order valence-corrected chi connectivity index (χ1v) is 3.98. The third-order valence-corrected chi connectivity index (χ3v) is 1.92. The number of nitrogens with two attached hydrogens (primary N) is 1. The number of esters is 1. The van der Waals surface area contributed by atoms with Crippen LogP contribution in [0, 0.1) is 18.3 Å². The Hall–Kier alpha value is -2.02. The minimum Gasteiger partial charge on any atom is -0.465 e. The average Bonchev–Trinajstić information content (AvgIpc) is 2.19. The molecule has 0 spiro atoms. The van der Waals surface area contributed by atoms with E-state index >= 15 is 0 Å². The van der Waals surface area contributed by atoms with E-state index in [0.29, 0.717) is 22.4 Å². The molecule has 0 saturated carbocycles. The highest BCUT2D eigenvalue weighted by atomic mass is 16.5. The lowest BCUT2D eigenvalue weighted by Crippen LogP contribution is -2.05. The first-order chi connectivity index (χ1) is 6.60. The summed E-state index contributed by atoms with van der Waals surface area (Å²) < 4.78 is 4.57. The average molecular weight is 190 g/mol. The number of nitrogens with zero attached hydrogens (tertiary/aromatic N) is 1. The lowest BCUT2D eigenvalue weighted by Gasteiger charge is -2.05. The van der Waals surface area contributed by atoms with E-state index in [2.05, 4.69) is 4.74 Å². The lowest BCUT2D eigenvalue weighted by atomic mass is 10.0. The van der Waals surface area contributed by atoms with Crippen LogP contribution in [0.2, 0.25) is 0 Å². The second-order valence-corrected chi connectivity index (χ2v) is 2.86. The van der Waals surface area contributed by atoms with Crippen LogP contribution in [-0.2, 0) is 4.74 Å². The van der Waals surface area contributed by atoms with Crippen molar-refractivity contribution in [1.29, 1.82) is 5.26 Å². The second-order valence-electron chi connectivity index (χ2n) is 2.86. The summed E-state index contributed by atoms with van der Waals surface area (Å²) in [5.41, 5.74) is 7.30. The highest BCUT2D eigenvalue weighted by molar-refractivity contribution is 5.92. The Morgan fingerprint density at radius 3 is 2.71 bits per heavy atom. The molecule has 0 aliphatic carbocycles. The molecule has 4 nitrogen and oxygen atoms in total. The van der Waals surface area contributed by atoms with Crippen molar-refractivity contribution < 1.29 is 9.53 Å². The van der Waals surface area contributed by atoms with Gasteiger partial charge in [-0.25, -0.2) is 4.79 Å². The summed E-state index contributed by atoms with van der Waals surface area (Å²) in [6, 6.07) is 4.97. The summed E-state index contributed by atoms with van der Waals surface area (Å²) in [5, 5.41) is 8.68. The molecule has 0 radical (unpaired) electrons. The van der Waals surface area contributed by atoms with Crippen molar-refractivity contribution >= 4 is 11.7 Å². The number of carbonyl (C=O) groups excluding carboxylic acids is 1. The van der Waals surface area contributed by atoms with Gasteiger partial charge in [0, 0.05) is 0 Å². The van der Waals surface area contributed by atoms with E-state index in [1.807, 2.05) is 6.07 Å². The molecule has 0 aromatic heterocycles. The third-order valence-electron chi connectivity index (χ3n) is 1.92. The van der Waals surface area contributed by atoms with Crippen LogP contribution in [0.25, 0.3) is 0 Å². The highest BCUT2D eigenvalue weighted by Crippen LogP contribution is 2.18. The van der Waals surface area contributed by atoms with Gasteiger partial charge in [-0.3, -0.25) is 0 Å². The number of benzene rings is 1. The molecule has 2 N–H and O–H groups in total. The van der Waals surface area contributed by atoms with Crippen LogP contribution in [0.5, 0.6) is 0 Å². The van der Waals surface area contributed by atoms with Crippen LogP contribution in [0.4, 0.5) is 5.69 Å². The van der Waals surface area contributed by atoms with Crippen molar-refractivity contribution in [2.75, 3.05) is 12.8 Å². The number of nitriles is 1. The second kappa shape index (κ2) is 3.79. The number of anilines is 1. The van der Waals surface area contributed by atoms with Crippen molar-refractivity contribution in [3.8, 4) is 6.07 Å². The van der Waals surface area contributed by atoms with Gasteiger partial charge in [0.2, 0.25) is 0 Å². The summed E-state index contributed by atoms with van der Waals surface area (Å²) in [6.07, 6.45) is 0. The predicted molar refractivity (Wildman–Crippen MR) is 51.6 cm³/mol. The molecule has 0 aliphatic heterocycles. The number of rotatable bonds is 1. The number of methoxy groups -OCH3 is 1. The molecule has 1 aromatic rings. The van der Waals surface area contributed by atoms with Crippen LogP contribution in [0.1, 0.15) is 21.5 Å². The largest absolute Gasteiger partial charge is 0.465 e. The molecule has 14 heavy (non-hydrogen) atoms. The molecule has 0 bridgehead atoms. The Morgan fingerprint density at radius 2 is 2.21 bits per heavy atom. The maximum absolute atomic E-state index is 11.2. The normalized spacial score (nSPS) is 9.21. The number of aryl methyl sites for hydroxylation is 1. The van der Waals surface area contributed by atoms with E-state index in [4.69, 9.17) is 11.0 Å². The van der Waals surface area contributed by atoms with Gasteiger partial charge in [0.15, 0.2) is 0 Å². The van der Waals surface area contributed by atoms with E-state index in [9.17, 15) is 4.79 Å². The topological polar surface area (TPSA) is 76.1 Å². The highest BCUT2D eigenvalue weighted by Gasteiger charge is 2.11. The smallest absolute Gasteiger partial charge is 0.338 e. The first-order valence-electron chi connectivity index (χ1n) is 3.98.